The molecular formula is C10H13FN2O2S2. The molecule has 1 atom stereocenters. The van der Waals surface area contributed by atoms with Gasteiger partial charge in [-0.05, 0) is 12.1 Å². The van der Waals surface area contributed by atoms with Crippen LogP contribution in [0.1, 0.15) is 6.92 Å². The maximum Gasteiger partial charge on any atom is 0.263 e. The Bertz CT molecular complexity index is 507. The number of hydrogen-bond donors (Lipinski definition) is 0. The molecule has 1 fully saturated rings. The number of halogens is 1. The summed E-state index contributed by atoms with van der Waals surface area (Å²) < 4.78 is 39.1. The van der Waals surface area contributed by atoms with E-state index in [0.717, 1.165) is 11.8 Å². The maximum absolute atomic E-state index is 13.5. The van der Waals surface area contributed by atoms with Gasteiger partial charge in [-0.3, -0.25) is 0 Å². The van der Waals surface area contributed by atoms with Gasteiger partial charge in [-0.1, -0.05) is 6.92 Å². The number of aromatic nitrogens is 1. The fraction of sp³-hybridized carbons (Fsp3) is 0.500. The lowest BCUT2D eigenvalue weighted by Gasteiger charge is -2.29. The second-order valence-corrected chi connectivity index (χ2v) is 7.23. The highest BCUT2D eigenvalue weighted by molar-refractivity contribution is 8.00. The standard InChI is InChI=1S/C10H13FN2O2S2/c1-8-7-13(5-6-16-8)17(14,15)10-9(11)3-2-4-12-10/h2-4,8H,5-7H2,1H3. The van der Waals surface area contributed by atoms with Crippen LogP contribution in [0, 0.1) is 5.82 Å². The minimum atomic E-state index is -3.79. The van der Waals surface area contributed by atoms with E-state index in [1.54, 1.807) is 11.8 Å². The van der Waals surface area contributed by atoms with E-state index in [9.17, 15) is 12.8 Å². The van der Waals surface area contributed by atoms with E-state index in [1.165, 1.54) is 16.6 Å². The van der Waals surface area contributed by atoms with Crippen LogP contribution in [0.4, 0.5) is 4.39 Å². The summed E-state index contributed by atoms with van der Waals surface area (Å²) in [5.74, 6) is -0.0622. The lowest BCUT2D eigenvalue weighted by Crippen LogP contribution is -2.41. The van der Waals surface area contributed by atoms with Gasteiger partial charge in [-0.2, -0.15) is 16.1 Å². The first kappa shape index (κ1) is 12.8. The van der Waals surface area contributed by atoms with E-state index in [4.69, 9.17) is 0 Å². The molecular weight excluding hydrogens is 263 g/mol. The highest BCUT2D eigenvalue weighted by Gasteiger charge is 2.31. The summed E-state index contributed by atoms with van der Waals surface area (Å²) in [6.07, 6.45) is 1.29. The minimum absolute atomic E-state index is 0.227. The van der Waals surface area contributed by atoms with Crippen LogP contribution in [0.2, 0.25) is 0 Å². The fourth-order valence-electron chi connectivity index (χ4n) is 1.69. The molecule has 0 spiro atoms. The third kappa shape index (κ3) is 2.61. The first-order valence-corrected chi connectivity index (χ1v) is 7.73. The van der Waals surface area contributed by atoms with Crippen molar-refractivity contribution < 1.29 is 12.8 Å². The summed E-state index contributed by atoms with van der Waals surface area (Å²) >= 11 is 1.72. The van der Waals surface area contributed by atoms with Crippen molar-refractivity contribution in [2.24, 2.45) is 0 Å². The Morgan fingerprint density at radius 3 is 3.00 bits per heavy atom. The highest BCUT2D eigenvalue weighted by atomic mass is 32.2. The van der Waals surface area contributed by atoms with Crippen molar-refractivity contribution in [3.8, 4) is 0 Å². The highest BCUT2D eigenvalue weighted by Crippen LogP contribution is 2.24. The van der Waals surface area contributed by atoms with Crippen molar-refractivity contribution in [2.45, 2.75) is 17.2 Å². The minimum Gasteiger partial charge on any atom is -0.241 e. The summed E-state index contributed by atoms with van der Waals surface area (Å²) in [5, 5.41) is -0.246. The second-order valence-electron chi connectivity index (χ2n) is 3.83. The molecule has 2 rings (SSSR count). The molecule has 0 radical (unpaired) electrons. The third-order valence-electron chi connectivity index (χ3n) is 2.51. The normalized spacial score (nSPS) is 22.6. The number of sulfonamides is 1. The quantitative estimate of drug-likeness (QED) is 0.818. The molecule has 17 heavy (non-hydrogen) atoms. The van der Waals surface area contributed by atoms with Crippen LogP contribution < -0.4 is 0 Å². The zero-order chi connectivity index (χ0) is 12.5. The Hall–Kier alpha value is -0.660. The van der Waals surface area contributed by atoms with Gasteiger partial charge in [0.1, 0.15) is 0 Å². The number of pyridine rings is 1. The molecule has 1 unspecified atom stereocenters. The van der Waals surface area contributed by atoms with Gasteiger partial charge in [0.05, 0.1) is 0 Å². The Labute approximate surface area is 104 Å². The average molecular weight is 276 g/mol. The Kier molecular flexibility index (Phi) is 3.70. The third-order valence-corrected chi connectivity index (χ3v) is 5.45. The van der Waals surface area contributed by atoms with E-state index >= 15 is 0 Å². The first-order chi connectivity index (χ1) is 8.01. The molecule has 0 bridgehead atoms. The molecule has 0 aliphatic carbocycles. The van der Waals surface area contributed by atoms with Crippen LogP contribution in [-0.4, -0.2) is 41.8 Å². The summed E-state index contributed by atoms with van der Waals surface area (Å²) in [7, 11) is -3.79. The van der Waals surface area contributed by atoms with Crippen LogP contribution in [0.3, 0.4) is 0 Å². The van der Waals surface area contributed by atoms with E-state index in [2.05, 4.69) is 4.98 Å². The van der Waals surface area contributed by atoms with Crippen LogP contribution in [0.5, 0.6) is 0 Å². The van der Waals surface area contributed by atoms with Crippen molar-refractivity contribution in [2.75, 3.05) is 18.8 Å². The Morgan fingerprint density at radius 2 is 2.35 bits per heavy atom. The van der Waals surface area contributed by atoms with Crippen LogP contribution in [0.15, 0.2) is 23.4 Å². The molecule has 1 aromatic rings. The number of hydrogen-bond acceptors (Lipinski definition) is 4. The monoisotopic (exact) mass is 276 g/mol. The summed E-state index contributed by atoms with van der Waals surface area (Å²) in [6.45, 7) is 2.78. The molecule has 94 valence electrons. The molecule has 1 aromatic heterocycles. The lowest BCUT2D eigenvalue weighted by molar-refractivity contribution is 0.416. The molecule has 4 nitrogen and oxygen atoms in total. The molecule has 7 heteroatoms. The summed E-state index contributed by atoms with van der Waals surface area (Å²) in [6, 6.07) is 2.49. The zero-order valence-corrected chi connectivity index (χ0v) is 11.0. The van der Waals surface area contributed by atoms with Crippen LogP contribution in [0.25, 0.3) is 0 Å². The fourth-order valence-corrected chi connectivity index (χ4v) is 4.42. The molecule has 0 N–H and O–H groups in total. The molecule has 1 aliphatic heterocycles. The SMILES string of the molecule is CC1CN(S(=O)(=O)c2ncccc2F)CCS1. The number of thioether (sulfide) groups is 1. The maximum atomic E-state index is 13.5. The van der Waals surface area contributed by atoms with Crippen LogP contribution >= 0.6 is 11.8 Å². The molecule has 0 amide bonds. The predicted molar refractivity (Wildman–Crippen MR) is 64.9 cm³/mol. The number of nitrogens with zero attached hydrogens (tertiary/aromatic N) is 2. The Balaban J connectivity index is 2.33. The molecule has 1 aliphatic rings. The van der Waals surface area contributed by atoms with Gasteiger partial charge >= 0.3 is 0 Å². The molecule has 0 saturated carbocycles. The summed E-state index contributed by atoms with van der Waals surface area (Å²) in [5.41, 5.74) is 0. The van der Waals surface area contributed by atoms with Gasteiger partial charge in [-0.15, -0.1) is 0 Å². The molecule has 0 aromatic carbocycles. The topological polar surface area (TPSA) is 50.3 Å². The predicted octanol–water partition coefficient (Wildman–Crippen LogP) is 1.35. The van der Waals surface area contributed by atoms with Crippen molar-refractivity contribution in [3.05, 3.63) is 24.1 Å². The van der Waals surface area contributed by atoms with Crippen LogP contribution in [-0.2, 0) is 10.0 Å². The van der Waals surface area contributed by atoms with E-state index in [-0.39, 0.29) is 5.25 Å². The largest absolute Gasteiger partial charge is 0.263 e. The lowest BCUT2D eigenvalue weighted by atomic mass is 10.4. The summed E-state index contributed by atoms with van der Waals surface area (Å²) in [4.78, 5) is 3.64. The van der Waals surface area contributed by atoms with Crippen molar-refractivity contribution in [1.82, 2.24) is 9.29 Å². The Morgan fingerprint density at radius 1 is 1.59 bits per heavy atom. The molecule has 2 heterocycles. The smallest absolute Gasteiger partial charge is 0.241 e. The van der Waals surface area contributed by atoms with Gasteiger partial charge < -0.3 is 0 Å². The van der Waals surface area contributed by atoms with Gasteiger partial charge in [-0.25, -0.2) is 17.8 Å². The number of rotatable bonds is 2. The first-order valence-electron chi connectivity index (χ1n) is 5.24. The van der Waals surface area contributed by atoms with Crippen molar-refractivity contribution >= 4 is 21.8 Å². The van der Waals surface area contributed by atoms with E-state index < -0.39 is 20.9 Å². The van der Waals surface area contributed by atoms with Gasteiger partial charge in [0, 0.05) is 30.3 Å². The second kappa shape index (κ2) is 4.91. The van der Waals surface area contributed by atoms with Crippen molar-refractivity contribution in [1.29, 1.82) is 0 Å². The van der Waals surface area contributed by atoms with Gasteiger partial charge in [0.15, 0.2) is 5.82 Å². The van der Waals surface area contributed by atoms with E-state index in [1.807, 2.05) is 6.92 Å². The van der Waals surface area contributed by atoms with Gasteiger partial charge in [0.25, 0.3) is 10.0 Å². The van der Waals surface area contributed by atoms with Crippen molar-refractivity contribution in [3.63, 3.8) is 0 Å². The molecule has 1 saturated heterocycles. The van der Waals surface area contributed by atoms with E-state index in [0.29, 0.717) is 13.1 Å². The van der Waals surface area contributed by atoms with Gasteiger partial charge in [0.2, 0.25) is 5.03 Å². The zero-order valence-electron chi connectivity index (χ0n) is 9.34. The average Bonchev–Trinajstić information content (AvgIpc) is 2.29.